The van der Waals surface area contributed by atoms with Crippen molar-refractivity contribution >= 4 is 27.6 Å². The maximum atomic E-state index is 10.4. The molecule has 0 aromatic heterocycles. The fourth-order valence-corrected chi connectivity index (χ4v) is 6.58. The number of anilines is 1. The normalized spacial score (nSPS) is 14.5. The second kappa shape index (κ2) is 11.5. The number of benzene rings is 5. The van der Waals surface area contributed by atoms with Gasteiger partial charge < -0.3 is 24.2 Å². The quantitative estimate of drug-likeness (QED) is 0.215. The van der Waals surface area contributed by atoms with Crippen LogP contribution in [0.2, 0.25) is 0 Å². The molecule has 2 aliphatic rings. The summed E-state index contributed by atoms with van der Waals surface area (Å²) >= 11 is 0. The zero-order valence-electron chi connectivity index (χ0n) is 24.6. The molecule has 0 amide bonds. The summed E-state index contributed by atoms with van der Waals surface area (Å²) in [6.45, 7) is 2.47. The molecule has 0 spiro atoms. The molecule has 0 atom stereocenters. The second-order valence-corrected chi connectivity index (χ2v) is 11.1. The van der Waals surface area contributed by atoms with E-state index in [4.69, 9.17) is 14.2 Å². The number of nitrogens with zero attached hydrogens (tertiary/aromatic N) is 1. The van der Waals surface area contributed by atoms with Crippen molar-refractivity contribution in [3.8, 4) is 28.4 Å². The van der Waals surface area contributed by atoms with Crippen molar-refractivity contribution < 1.29 is 19.3 Å². The van der Waals surface area contributed by atoms with Crippen LogP contribution < -0.4 is 19.1 Å². The molecule has 0 unspecified atom stereocenters. The van der Waals surface area contributed by atoms with E-state index in [0.29, 0.717) is 12.4 Å². The van der Waals surface area contributed by atoms with Crippen molar-refractivity contribution in [1.29, 1.82) is 0 Å². The van der Waals surface area contributed by atoms with Crippen LogP contribution in [0, 0.1) is 0 Å². The lowest BCUT2D eigenvalue weighted by atomic mass is 9.82. The molecule has 2 heterocycles. The van der Waals surface area contributed by atoms with Crippen molar-refractivity contribution in [2.45, 2.75) is 19.4 Å². The molecule has 0 bridgehead atoms. The molecule has 5 aromatic carbocycles. The largest absolute Gasteiger partial charge is 0.497 e. The standard InChI is InChI=1S/C38H35NO4/c1-41-30-17-12-26-13-19-32-35(36-31(25-8-4-3-5-9-25)18-14-28(23-40)37(36)42-2)34(24-43-38(32)33(26)22-30)27-10-15-29(16-11-27)39-20-6-7-21-39/h3-5,8-19,22,40H,6-7,20-21,23-24H2,1-2H3. The Morgan fingerprint density at radius 3 is 2.23 bits per heavy atom. The molecule has 0 saturated carbocycles. The lowest BCUT2D eigenvalue weighted by molar-refractivity contribution is 0.273. The summed E-state index contributed by atoms with van der Waals surface area (Å²) in [5, 5.41) is 12.5. The minimum atomic E-state index is -0.128. The van der Waals surface area contributed by atoms with E-state index < -0.39 is 0 Å². The number of ether oxygens (including phenoxy) is 3. The van der Waals surface area contributed by atoms with Crippen LogP contribution in [0.15, 0.2) is 97.1 Å². The molecular formula is C38H35NO4. The van der Waals surface area contributed by atoms with Crippen LogP contribution in [0.3, 0.4) is 0 Å². The van der Waals surface area contributed by atoms with Gasteiger partial charge in [0.25, 0.3) is 0 Å². The van der Waals surface area contributed by atoms with Crippen molar-refractivity contribution in [1.82, 2.24) is 0 Å². The van der Waals surface area contributed by atoms with Crippen LogP contribution in [0.4, 0.5) is 5.69 Å². The van der Waals surface area contributed by atoms with E-state index in [9.17, 15) is 5.11 Å². The van der Waals surface area contributed by atoms with Gasteiger partial charge in [0.2, 0.25) is 0 Å². The van der Waals surface area contributed by atoms with Gasteiger partial charge in [-0.3, -0.25) is 0 Å². The highest BCUT2D eigenvalue weighted by molar-refractivity contribution is 6.09. The molecule has 0 radical (unpaired) electrons. The van der Waals surface area contributed by atoms with E-state index in [1.165, 1.54) is 18.5 Å². The number of methoxy groups -OCH3 is 2. The van der Waals surface area contributed by atoms with Gasteiger partial charge in [-0.15, -0.1) is 0 Å². The zero-order valence-corrected chi connectivity index (χ0v) is 24.6. The Kier molecular flexibility index (Phi) is 7.25. The Morgan fingerprint density at radius 1 is 0.767 bits per heavy atom. The third kappa shape index (κ3) is 4.80. The van der Waals surface area contributed by atoms with Crippen LogP contribution in [0.1, 0.15) is 35.1 Å². The smallest absolute Gasteiger partial charge is 0.135 e. The van der Waals surface area contributed by atoms with Gasteiger partial charge in [0.1, 0.15) is 23.9 Å². The van der Waals surface area contributed by atoms with Gasteiger partial charge in [0.05, 0.1) is 20.8 Å². The van der Waals surface area contributed by atoms with Gasteiger partial charge in [-0.25, -0.2) is 0 Å². The molecule has 1 saturated heterocycles. The summed E-state index contributed by atoms with van der Waals surface area (Å²) in [7, 11) is 3.37. The highest BCUT2D eigenvalue weighted by Crippen LogP contribution is 2.50. The Balaban J connectivity index is 1.54. The Morgan fingerprint density at radius 2 is 1.51 bits per heavy atom. The lowest BCUT2D eigenvalue weighted by Crippen LogP contribution is -2.17. The lowest BCUT2D eigenvalue weighted by Gasteiger charge is -2.29. The number of aliphatic hydroxyl groups excluding tert-OH is 1. The summed E-state index contributed by atoms with van der Waals surface area (Å²) in [6, 6.07) is 33.7. The van der Waals surface area contributed by atoms with Gasteiger partial charge in [0.15, 0.2) is 0 Å². The van der Waals surface area contributed by atoms with E-state index in [1.807, 2.05) is 24.3 Å². The molecule has 1 fully saturated rings. The molecule has 43 heavy (non-hydrogen) atoms. The molecule has 7 rings (SSSR count). The van der Waals surface area contributed by atoms with E-state index in [-0.39, 0.29) is 6.61 Å². The predicted molar refractivity (Wildman–Crippen MR) is 174 cm³/mol. The van der Waals surface area contributed by atoms with E-state index in [1.54, 1.807) is 14.2 Å². The van der Waals surface area contributed by atoms with Crippen molar-refractivity contribution in [3.05, 3.63) is 119 Å². The summed E-state index contributed by atoms with van der Waals surface area (Å²) < 4.78 is 18.4. The third-order valence-electron chi connectivity index (χ3n) is 8.75. The minimum absolute atomic E-state index is 0.128. The van der Waals surface area contributed by atoms with Gasteiger partial charge in [-0.2, -0.15) is 0 Å². The van der Waals surface area contributed by atoms with Crippen molar-refractivity contribution in [3.63, 3.8) is 0 Å². The SMILES string of the molecule is COc1ccc2ccc3c(c2c1)OCC(c1ccc(N2CCCC2)cc1)=C3c1c(-c2ccccc2)ccc(CO)c1OC. The number of fused-ring (bicyclic) bond motifs is 3. The summed E-state index contributed by atoms with van der Waals surface area (Å²) in [6.07, 6.45) is 2.48. The molecule has 2 aliphatic heterocycles. The first-order valence-corrected chi connectivity index (χ1v) is 14.9. The van der Waals surface area contributed by atoms with E-state index in [0.717, 1.165) is 79.9 Å². The topological polar surface area (TPSA) is 51.2 Å². The molecule has 5 nitrogen and oxygen atoms in total. The maximum absolute atomic E-state index is 10.4. The summed E-state index contributed by atoms with van der Waals surface area (Å²) in [4.78, 5) is 2.45. The van der Waals surface area contributed by atoms with Gasteiger partial charge in [-0.1, -0.05) is 66.7 Å². The highest BCUT2D eigenvalue weighted by Gasteiger charge is 2.30. The highest BCUT2D eigenvalue weighted by atomic mass is 16.5. The molecule has 0 aliphatic carbocycles. The van der Waals surface area contributed by atoms with Crippen LogP contribution >= 0.6 is 0 Å². The van der Waals surface area contributed by atoms with E-state index in [2.05, 4.69) is 77.7 Å². The first-order valence-electron chi connectivity index (χ1n) is 14.9. The monoisotopic (exact) mass is 569 g/mol. The number of rotatable bonds is 7. The Bertz CT molecular complexity index is 1820. The molecule has 1 N–H and O–H groups in total. The summed E-state index contributed by atoms with van der Waals surface area (Å²) in [5.41, 5.74) is 9.26. The Labute approximate surface area is 252 Å². The number of aliphatic hydroxyl groups is 1. The maximum Gasteiger partial charge on any atom is 0.135 e. The van der Waals surface area contributed by atoms with Gasteiger partial charge >= 0.3 is 0 Å². The fourth-order valence-electron chi connectivity index (χ4n) is 6.58. The molecule has 216 valence electrons. The second-order valence-electron chi connectivity index (χ2n) is 11.1. The Hall–Kier alpha value is -4.74. The van der Waals surface area contributed by atoms with Crippen LogP contribution in [0.5, 0.6) is 17.2 Å². The fraction of sp³-hybridized carbons (Fsp3) is 0.211. The van der Waals surface area contributed by atoms with Gasteiger partial charge in [0, 0.05) is 52.0 Å². The first-order chi connectivity index (χ1) is 21.2. The third-order valence-corrected chi connectivity index (χ3v) is 8.75. The van der Waals surface area contributed by atoms with Gasteiger partial charge in [-0.05, 0) is 65.3 Å². The molecule has 5 aromatic rings. The minimum Gasteiger partial charge on any atom is -0.497 e. The zero-order chi connectivity index (χ0) is 29.3. The summed E-state index contributed by atoms with van der Waals surface area (Å²) in [5.74, 6) is 2.27. The first kappa shape index (κ1) is 27.1. The number of hydrogen-bond donors (Lipinski definition) is 1. The average molecular weight is 570 g/mol. The average Bonchev–Trinajstić information content (AvgIpc) is 3.62. The van der Waals surface area contributed by atoms with Crippen LogP contribution in [0.25, 0.3) is 33.0 Å². The van der Waals surface area contributed by atoms with Crippen LogP contribution in [-0.2, 0) is 6.61 Å². The van der Waals surface area contributed by atoms with Crippen LogP contribution in [-0.4, -0.2) is 39.0 Å². The van der Waals surface area contributed by atoms with Crippen molar-refractivity contribution in [2.75, 3.05) is 38.8 Å². The number of hydrogen-bond acceptors (Lipinski definition) is 5. The van der Waals surface area contributed by atoms with E-state index >= 15 is 0 Å². The van der Waals surface area contributed by atoms with Crippen molar-refractivity contribution in [2.24, 2.45) is 0 Å². The molecule has 5 heteroatoms. The molecular weight excluding hydrogens is 534 g/mol. The predicted octanol–water partition coefficient (Wildman–Crippen LogP) is 7.97.